The van der Waals surface area contributed by atoms with Crippen molar-refractivity contribution < 1.29 is 14.4 Å². The highest BCUT2D eigenvalue weighted by Crippen LogP contribution is 2.16. The first-order valence-corrected chi connectivity index (χ1v) is 7.94. The van der Waals surface area contributed by atoms with Crippen LogP contribution in [0.15, 0.2) is 12.2 Å². The summed E-state index contributed by atoms with van der Waals surface area (Å²) in [4.78, 5) is 35.6. The summed E-state index contributed by atoms with van der Waals surface area (Å²) in [7, 11) is 0. The largest absolute Gasteiger partial charge is 0.354 e. The summed E-state index contributed by atoms with van der Waals surface area (Å²) in [6.45, 7) is 5.45. The molecule has 0 aromatic heterocycles. The van der Waals surface area contributed by atoms with Gasteiger partial charge in [0.2, 0.25) is 5.91 Å². The Morgan fingerprint density at radius 2 is 1.82 bits per heavy atom. The number of nitrogens with one attached hydrogen (secondary N) is 1. The van der Waals surface area contributed by atoms with E-state index in [4.69, 9.17) is 5.73 Å². The van der Waals surface area contributed by atoms with E-state index < -0.39 is 0 Å². The van der Waals surface area contributed by atoms with Gasteiger partial charge in [0.15, 0.2) is 0 Å². The molecule has 3 N–H and O–H groups in total. The maximum atomic E-state index is 11.8. The monoisotopic (exact) mass is 309 g/mol. The topological polar surface area (TPSA) is 92.5 Å². The van der Waals surface area contributed by atoms with Crippen LogP contribution in [0.1, 0.15) is 39.5 Å². The van der Waals surface area contributed by atoms with E-state index in [0.717, 1.165) is 24.2 Å². The molecule has 1 unspecified atom stereocenters. The van der Waals surface area contributed by atoms with Crippen LogP contribution in [0, 0.1) is 11.8 Å². The lowest BCUT2D eigenvalue weighted by atomic mass is 9.94. The lowest BCUT2D eigenvalue weighted by Gasteiger charge is -2.16. The molecule has 0 saturated heterocycles. The van der Waals surface area contributed by atoms with Crippen molar-refractivity contribution in [1.82, 2.24) is 10.2 Å². The lowest BCUT2D eigenvalue weighted by molar-refractivity contribution is -0.137. The van der Waals surface area contributed by atoms with Gasteiger partial charge in [0.25, 0.3) is 11.8 Å². The van der Waals surface area contributed by atoms with Gasteiger partial charge in [-0.05, 0) is 31.2 Å². The first-order valence-electron chi connectivity index (χ1n) is 7.94. The van der Waals surface area contributed by atoms with Crippen LogP contribution in [-0.2, 0) is 14.4 Å². The smallest absolute Gasteiger partial charge is 0.253 e. The fourth-order valence-corrected chi connectivity index (χ4v) is 2.33. The molecule has 0 saturated carbocycles. The molecule has 0 spiro atoms. The normalized spacial score (nSPS) is 15.7. The van der Waals surface area contributed by atoms with Crippen LogP contribution in [0.5, 0.6) is 0 Å². The van der Waals surface area contributed by atoms with Crippen LogP contribution < -0.4 is 11.1 Å². The molecule has 1 aliphatic rings. The zero-order chi connectivity index (χ0) is 16.5. The Bertz CT molecular complexity index is 414. The quantitative estimate of drug-likeness (QED) is 0.584. The number of hydrogen-bond acceptors (Lipinski definition) is 4. The minimum Gasteiger partial charge on any atom is -0.354 e. The average Bonchev–Trinajstić information content (AvgIpc) is 2.79. The SMILES string of the molecule is CC(C)CCC(CN)CCC(=O)NCCN1C(=O)C=CC1=O. The first-order chi connectivity index (χ1) is 10.4. The van der Waals surface area contributed by atoms with Crippen molar-refractivity contribution in [3.63, 3.8) is 0 Å². The Balaban J connectivity index is 2.17. The fraction of sp³-hybridized carbons (Fsp3) is 0.688. The Labute approximate surface area is 132 Å². The minimum atomic E-state index is -0.323. The number of carbonyl (C=O) groups excluding carboxylic acids is 3. The van der Waals surface area contributed by atoms with Gasteiger partial charge >= 0.3 is 0 Å². The molecular weight excluding hydrogens is 282 g/mol. The van der Waals surface area contributed by atoms with Crippen molar-refractivity contribution in [2.45, 2.75) is 39.5 Å². The number of nitrogens with zero attached hydrogens (tertiary/aromatic N) is 1. The lowest BCUT2D eigenvalue weighted by Crippen LogP contribution is -2.38. The summed E-state index contributed by atoms with van der Waals surface area (Å²) in [5.41, 5.74) is 5.74. The molecule has 1 aliphatic heterocycles. The van der Waals surface area contributed by atoms with E-state index in [1.807, 2.05) is 0 Å². The van der Waals surface area contributed by atoms with E-state index in [2.05, 4.69) is 19.2 Å². The third kappa shape index (κ3) is 6.39. The van der Waals surface area contributed by atoms with Crippen molar-refractivity contribution >= 4 is 17.7 Å². The summed E-state index contributed by atoms with van der Waals surface area (Å²) in [6, 6.07) is 0. The fourth-order valence-electron chi connectivity index (χ4n) is 2.33. The van der Waals surface area contributed by atoms with E-state index in [-0.39, 0.29) is 30.8 Å². The molecule has 1 heterocycles. The van der Waals surface area contributed by atoms with Gasteiger partial charge < -0.3 is 11.1 Å². The standard InChI is InChI=1S/C16H27N3O3/c1-12(2)3-4-13(11-17)5-6-14(20)18-9-10-19-15(21)7-8-16(19)22/h7-8,12-13H,3-6,9-11,17H2,1-2H3,(H,18,20). The van der Waals surface area contributed by atoms with Crippen molar-refractivity contribution in [3.8, 4) is 0 Å². The zero-order valence-corrected chi connectivity index (χ0v) is 13.5. The summed E-state index contributed by atoms with van der Waals surface area (Å²) in [6.07, 6.45) is 5.85. The summed E-state index contributed by atoms with van der Waals surface area (Å²) < 4.78 is 0. The summed E-state index contributed by atoms with van der Waals surface area (Å²) >= 11 is 0. The molecule has 0 radical (unpaired) electrons. The number of nitrogens with two attached hydrogens (primary N) is 1. The summed E-state index contributed by atoms with van der Waals surface area (Å²) in [5.74, 6) is 0.313. The predicted molar refractivity (Wildman–Crippen MR) is 84.7 cm³/mol. The van der Waals surface area contributed by atoms with Crippen LogP contribution in [0.25, 0.3) is 0 Å². The van der Waals surface area contributed by atoms with E-state index in [9.17, 15) is 14.4 Å². The number of hydrogen-bond donors (Lipinski definition) is 2. The third-order valence-electron chi connectivity index (χ3n) is 3.82. The summed E-state index contributed by atoms with van der Waals surface area (Å²) in [5, 5.41) is 2.74. The molecule has 1 rings (SSSR count). The second kappa shape index (κ2) is 9.35. The molecule has 124 valence electrons. The van der Waals surface area contributed by atoms with Crippen LogP contribution in [0.2, 0.25) is 0 Å². The van der Waals surface area contributed by atoms with Crippen LogP contribution in [-0.4, -0.2) is 42.3 Å². The molecule has 22 heavy (non-hydrogen) atoms. The highest BCUT2D eigenvalue weighted by molar-refractivity contribution is 6.12. The minimum absolute atomic E-state index is 0.0601. The number of carbonyl (C=O) groups is 3. The van der Waals surface area contributed by atoms with Crippen LogP contribution in [0.4, 0.5) is 0 Å². The van der Waals surface area contributed by atoms with Gasteiger partial charge in [0.1, 0.15) is 0 Å². The molecule has 0 aromatic carbocycles. The molecule has 6 heteroatoms. The van der Waals surface area contributed by atoms with Crippen molar-refractivity contribution in [2.24, 2.45) is 17.6 Å². The van der Waals surface area contributed by atoms with Gasteiger partial charge in [-0.3, -0.25) is 19.3 Å². The van der Waals surface area contributed by atoms with Crippen molar-refractivity contribution in [2.75, 3.05) is 19.6 Å². The van der Waals surface area contributed by atoms with E-state index in [0.29, 0.717) is 24.8 Å². The first kappa shape index (κ1) is 18.4. The molecular formula is C16H27N3O3. The molecule has 6 nitrogen and oxygen atoms in total. The highest BCUT2D eigenvalue weighted by atomic mass is 16.2. The molecule has 0 bridgehead atoms. The van der Waals surface area contributed by atoms with E-state index in [1.165, 1.54) is 12.2 Å². The van der Waals surface area contributed by atoms with Gasteiger partial charge in [0.05, 0.1) is 0 Å². The number of rotatable bonds is 10. The molecule has 0 aromatic rings. The maximum Gasteiger partial charge on any atom is 0.253 e. The molecule has 0 fully saturated rings. The van der Waals surface area contributed by atoms with Gasteiger partial charge in [-0.25, -0.2) is 0 Å². The Morgan fingerprint density at radius 1 is 1.18 bits per heavy atom. The maximum absolute atomic E-state index is 11.8. The van der Waals surface area contributed by atoms with Crippen LogP contribution >= 0.6 is 0 Å². The van der Waals surface area contributed by atoms with Gasteiger partial charge in [-0.1, -0.05) is 20.3 Å². The van der Waals surface area contributed by atoms with E-state index in [1.54, 1.807) is 0 Å². The molecule has 3 amide bonds. The second-order valence-electron chi connectivity index (χ2n) is 6.12. The van der Waals surface area contributed by atoms with Gasteiger partial charge in [-0.15, -0.1) is 0 Å². The third-order valence-corrected chi connectivity index (χ3v) is 3.82. The Kier molecular flexibility index (Phi) is 7.80. The average molecular weight is 309 g/mol. The molecule has 0 aliphatic carbocycles. The van der Waals surface area contributed by atoms with Crippen molar-refractivity contribution in [1.29, 1.82) is 0 Å². The van der Waals surface area contributed by atoms with Crippen LogP contribution in [0.3, 0.4) is 0 Å². The Hall–Kier alpha value is -1.69. The second-order valence-corrected chi connectivity index (χ2v) is 6.12. The Morgan fingerprint density at radius 3 is 2.36 bits per heavy atom. The van der Waals surface area contributed by atoms with Gasteiger partial charge in [-0.2, -0.15) is 0 Å². The number of imide groups is 1. The van der Waals surface area contributed by atoms with Crippen molar-refractivity contribution in [3.05, 3.63) is 12.2 Å². The number of amides is 3. The molecule has 1 atom stereocenters. The zero-order valence-electron chi connectivity index (χ0n) is 13.5. The highest BCUT2D eigenvalue weighted by Gasteiger charge is 2.22. The predicted octanol–water partition coefficient (Wildman–Crippen LogP) is 0.819. The van der Waals surface area contributed by atoms with E-state index >= 15 is 0 Å². The van der Waals surface area contributed by atoms with Gasteiger partial charge in [0, 0.05) is 31.7 Å².